The van der Waals surface area contributed by atoms with E-state index in [9.17, 15) is 12.8 Å². The first-order chi connectivity index (χ1) is 9.91. The number of aromatic nitrogens is 1. The molecule has 1 atom stereocenters. The molecule has 0 bridgehead atoms. The molecule has 4 nitrogen and oxygen atoms in total. The number of halogens is 2. The molecule has 1 aromatic heterocycles. The van der Waals surface area contributed by atoms with Gasteiger partial charge in [0.15, 0.2) is 0 Å². The van der Waals surface area contributed by atoms with E-state index in [4.69, 9.17) is 11.6 Å². The Bertz CT molecular complexity index is 788. The van der Waals surface area contributed by atoms with E-state index in [0.717, 1.165) is 17.8 Å². The highest BCUT2D eigenvalue weighted by Crippen LogP contribution is 2.32. The molecule has 0 aliphatic carbocycles. The average molecular weight is 329 g/mol. The van der Waals surface area contributed by atoms with E-state index < -0.39 is 15.8 Å². The molecule has 0 saturated heterocycles. The summed E-state index contributed by atoms with van der Waals surface area (Å²) in [5.74, 6) is -0.629. The zero-order valence-corrected chi connectivity index (χ0v) is 12.9. The molecule has 0 fully saturated rings. The van der Waals surface area contributed by atoms with Gasteiger partial charge in [0.25, 0.3) is 0 Å². The molecule has 0 unspecified atom stereocenters. The quantitative estimate of drug-likeness (QED) is 0.850. The Kier molecular flexibility index (Phi) is 3.55. The van der Waals surface area contributed by atoms with Crippen LogP contribution in [0.15, 0.2) is 41.4 Å². The summed E-state index contributed by atoms with van der Waals surface area (Å²) in [6.07, 6.45) is 1.94. The van der Waals surface area contributed by atoms with Gasteiger partial charge in [-0.3, -0.25) is 0 Å². The Morgan fingerprint density at radius 3 is 2.76 bits per heavy atom. The second-order valence-corrected chi connectivity index (χ2v) is 7.29. The molecule has 112 valence electrons. The van der Waals surface area contributed by atoms with E-state index in [1.807, 2.05) is 29.8 Å². The van der Waals surface area contributed by atoms with Crippen LogP contribution in [0.25, 0.3) is 0 Å². The van der Waals surface area contributed by atoms with Gasteiger partial charge in [0, 0.05) is 25.0 Å². The Balaban J connectivity index is 2.01. The fraction of sp³-hybridized carbons (Fsp3) is 0.286. The summed E-state index contributed by atoms with van der Waals surface area (Å²) < 4.78 is 42.1. The van der Waals surface area contributed by atoms with Crippen molar-refractivity contribution < 1.29 is 12.8 Å². The molecular formula is C14H14ClFN2O2S. The lowest BCUT2D eigenvalue weighted by molar-refractivity contribution is 0.282. The normalized spacial score (nSPS) is 19.5. The monoisotopic (exact) mass is 328 g/mol. The van der Waals surface area contributed by atoms with Crippen molar-refractivity contribution in [2.45, 2.75) is 24.4 Å². The van der Waals surface area contributed by atoms with Crippen LogP contribution in [0.1, 0.15) is 18.7 Å². The van der Waals surface area contributed by atoms with Crippen molar-refractivity contribution in [2.75, 3.05) is 6.54 Å². The van der Waals surface area contributed by atoms with Crippen LogP contribution in [0.2, 0.25) is 5.02 Å². The predicted octanol–water partition coefficient (Wildman–Crippen LogP) is 3.05. The highest BCUT2D eigenvalue weighted by Gasteiger charge is 2.34. The molecule has 2 aromatic rings. The zero-order chi connectivity index (χ0) is 15.2. The number of benzene rings is 1. The van der Waals surface area contributed by atoms with Crippen molar-refractivity contribution in [3.8, 4) is 0 Å². The number of nitrogens with zero attached hydrogens (tertiary/aromatic N) is 2. The van der Waals surface area contributed by atoms with Gasteiger partial charge in [-0.2, -0.15) is 4.31 Å². The van der Waals surface area contributed by atoms with Gasteiger partial charge in [-0.15, -0.1) is 0 Å². The summed E-state index contributed by atoms with van der Waals surface area (Å²) in [6, 6.07) is 7.01. The summed E-state index contributed by atoms with van der Waals surface area (Å²) in [4.78, 5) is 0.0146. The molecule has 0 N–H and O–H groups in total. The van der Waals surface area contributed by atoms with Crippen LogP contribution in [0.3, 0.4) is 0 Å². The maximum atomic E-state index is 13.2. The topological polar surface area (TPSA) is 42.3 Å². The molecule has 1 aliphatic heterocycles. The van der Waals surface area contributed by atoms with Gasteiger partial charge in [-0.1, -0.05) is 11.6 Å². The minimum atomic E-state index is -3.70. The molecular weight excluding hydrogens is 315 g/mol. The van der Waals surface area contributed by atoms with Gasteiger partial charge in [-0.25, -0.2) is 12.8 Å². The van der Waals surface area contributed by atoms with Gasteiger partial charge in [-0.05, 0) is 37.3 Å². The largest absolute Gasteiger partial charge is 0.349 e. The van der Waals surface area contributed by atoms with Crippen molar-refractivity contribution in [2.24, 2.45) is 0 Å². The van der Waals surface area contributed by atoms with Crippen LogP contribution < -0.4 is 0 Å². The van der Waals surface area contributed by atoms with Crippen molar-refractivity contribution in [3.63, 3.8) is 0 Å². The van der Waals surface area contributed by atoms with E-state index in [0.29, 0.717) is 13.1 Å². The maximum Gasteiger partial charge on any atom is 0.243 e. The molecule has 7 heteroatoms. The second kappa shape index (κ2) is 5.12. The first-order valence-electron chi connectivity index (χ1n) is 6.53. The standard InChI is InChI=1S/C14H14ClFN2O2S/c1-10-14-3-2-6-17(14)7-8-18(10)21(19,20)11-4-5-13(16)12(15)9-11/h2-6,9-10H,7-8H2,1H3/t10-/m1/s1. The van der Waals surface area contributed by atoms with Crippen molar-refractivity contribution in [3.05, 3.63) is 53.1 Å². The minimum Gasteiger partial charge on any atom is -0.349 e. The third-order valence-electron chi connectivity index (χ3n) is 3.78. The van der Waals surface area contributed by atoms with Crippen LogP contribution in [0.4, 0.5) is 4.39 Å². The van der Waals surface area contributed by atoms with Crippen molar-refractivity contribution in [1.82, 2.24) is 8.87 Å². The first kappa shape index (κ1) is 14.6. The van der Waals surface area contributed by atoms with Crippen LogP contribution in [0, 0.1) is 5.82 Å². The van der Waals surface area contributed by atoms with Crippen LogP contribution in [0.5, 0.6) is 0 Å². The Labute approximate surface area is 127 Å². The van der Waals surface area contributed by atoms with Crippen molar-refractivity contribution in [1.29, 1.82) is 0 Å². The SMILES string of the molecule is C[C@@H]1c2cccn2CCN1S(=O)(=O)c1ccc(F)c(Cl)c1. The highest BCUT2D eigenvalue weighted by atomic mass is 35.5. The van der Waals surface area contributed by atoms with Gasteiger partial charge in [0.05, 0.1) is 16.0 Å². The predicted molar refractivity (Wildman–Crippen MR) is 78.1 cm³/mol. The molecule has 0 saturated carbocycles. The van der Waals surface area contributed by atoms with E-state index in [1.165, 1.54) is 10.4 Å². The number of fused-ring (bicyclic) bond motifs is 1. The van der Waals surface area contributed by atoms with E-state index >= 15 is 0 Å². The van der Waals surface area contributed by atoms with Gasteiger partial charge >= 0.3 is 0 Å². The number of hydrogen-bond donors (Lipinski definition) is 0. The Morgan fingerprint density at radius 1 is 1.29 bits per heavy atom. The number of sulfonamides is 1. The number of rotatable bonds is 2. The van der Waals surface area contributed by atoms with Crippen molar-refractivity contribution >= 4 is 21.6 Å². The maximum absolute atomic E-state index is 13.2. The Hall–Kier alpha value is -1.37. The molecule has 1 aliphatic rings. The highest BCUT2D eigenvalue weighted by molar-refractivity contribution is 7.89. The zero-order valence-electron chi connectivity index (χ0n) is 11.3. The summed E-state index contributed by atoms with van der Waals surface area (Å²) in [5, 5.41) is -0.191. The van der Waals surface area contributed by atoms with Gasteiger partial charge in [0.1, 0.15) is 5.82 Å². The summed E-state index contributed by atoms with van der Waals surface area (Å²) in [5.41, 5.74) is 0.943. The van der Waals surface area contributed by atoms with Gasteiger partial charge in [0.2, 0.25) is 10.0 Å². The summed E-state index contributed by atoms with van der Waals surface area (Å²) in [6.45, 7) is 2.81. The molecule has 2 heterocycles. The van der Waals surface area contributed by atoms with Crippen LogP contribution in [-0.4, -0.2) is 23.8 Å². The molecule has 1 aromatic carbocycles. The molecule has 21 heavy (non-hydrogen) atoms. The van der Waals surface area contributed by atoms with E-state index in [1.54, 1.807) is 0 Å². The van der Waals surface area contributed by atoms with Gasteiger partial charge < -0.3 is 4.57 Å². The summed E-state index contributed by atoms with van der Waals surface area (Å²) in [7, 11) is -3.70. The lowest BCUT2D eigenvalue weighted by atomic mass is 10.2. The molecule has 0 spiro atoms. The van der Waals surface area contributed by atoms with Crippen LogP contribution in [-0.2, 0) is 16.6 Å². The smallest absolute Gasteiger partial charge is 0.243 e. The number of hydrogen-bond acceptors (Lipinski definition) is 2. The average Bonchev–Trinajstić information content (AvgIpc) is 2.91. The lowest BCUT2D eigenvalue weighted by Gasteiger charge is -2.33. The molecule has 0 amide bonds. The first-order valence-corrected chi connectivity index (χ1v) is 8.35. The third kappa shape index (κ3) is 2.37. The second-order valence-electron chi connectivity index (χ2n) is 4.99. The molecule has 0 radical (unpaired) electrons. The third-order valence-corrected chi connectivity index (χ3v) is 6.04. The molecule has 3 rings (SSSR count). The lowest BCUT2D eigenvalue weighted by Crippen LogP contribution is -2.40. The Morgan fingerprint density at radius 2 is 2.05 bits per heavy atom. The van der Waals surface area contributed by atoms with E-state index in [-0.39, 0.29) is 16.0 Å². The van der Waals surface area contributed by atoms with E-state index in [2.05, 4.69) is 0 Å². The summed E-state index contributed by atoms with van der Waals surface area (Å²) >= 11 is 5.70. The fourth-order valence-electron chi connectivity index (χ4n) is 2.66. The fourth-order valence-corrected chi connectivity index (χ4v) is 4.53. The minimum absolute atomic E-state index is 0.0146. The van der Waals surface area contributed by atoms with Crippen LogP contribution >= 0.6 is 11.6 Å².